The number of amides is 1. The van der Waals surface area contributed by atoms with E-state index in [9.17, 15) is 4.79 Å². The summed E-state index contributed by atoms with van der Waals surface area (Å²) in [5, 5.41) is 4.27. The minimum absolute atomic E-state index is 0.126. The molecule has 110 valence electrons. The second kappa shape index (κ2) is 5.56. The highest BCUT2D eigenvalue weighted by atomic mass is 16.2. The van der Waals surface area contributed by atoms with Crippen molar-refractivity contribution in [3.8, 4) is 0 Å². The van der Waals surface area contributed by atoms with Gasteiger partial charge in [0.2, 0.25) is 0 Å². The second-order valence-corrected chi connectivity index (χ2v) is 6.18. The van der Waals surface area contributed by atoms with Crippen LogP contribution in [0.3, 0.4) is 0 Å². The van der Waals surface area contributed by atoms with Crippen LogP contribution in [0.15, 0.2) is 6.07 Å². The molecule has 2 aliphatic rings. The van der Waals surface area contributed by atoms with E-state index in [1.807, 2.05) is 24.9 Å². The van der Waals surface area contributed by atoms with Gasteiger partial charge in [-0.3, -0.25) is 9.48 Å². The molecule has 3 rings (SSSR count). The Kier molecular flexibility index (Phi) is 3.78. The summed E-state index contributed by atoms with van der Waals surface area (Å²) in [4.78, 5) is 17.1. The number of aryl methyl sites for hydroxylation is 2. The van der Waals surface area contributed by atoms with Gasteiger partial charge in [0.05, 0.1) is 5.69 Å². The molecular weight excluding hydrogens is 252 g/mol. The van der Waals surface area contributed by atoms with Crippen molar-refractivity contribution in [2.24, 2.45) is 13.0 Å². The van der Waals surface area contributed by atoms with Crippen molar-refractivity contribution in [1.29, 1.82) is 0 Å². The van der Waals surface area contributed by atoms with Gasteiger partial charge in [0, 0.05) is 33.2 Å². The van der Waals surface area contributed by atoms with Crippen molar-refractivity contribution in [1.82, 2.24) is 19.6 Å². The highest BCUT2D eigenvalue weighted by molar-refractivity contribution is 5.92. The van der Waals surface area contributed by atoms with Gasteiger partial charge in [-0.15, -0.1) is 0 Å². The summed E-state index contributed by atoms with van der Waals surface area (Å²) in [7, 11) is 1.84. The molecule has 5 nitrogen and oxygen atoms in total. The smallest absolute Gasteiger partial charge is 0.272 e. The van der Waals surface area contributed by atoms with Gasteiger partial charge in [0.15, 0.2) is 0 Å². The van der Waals surface area contributed by atoms with Crippen molar-refractivity contribution >= 4 is 5.91 Å². The molecule has 0 N–H and O–H groups in total. The van der Waals surface area contributed by atoms with Gasteiger partial charge in [-0.25, -0.2) is 0 Å². The summed E-state index contributed by atoms with van der Waals surface area (Å²) in [5.41, 5.74) is 1.61. The van der Waals surface area contributed by atoms with E-state index >= 15 is 0 Å². The normalized spacial score (nSPS) is 21.0. The Hall–Kier alpha value is -1.36. The molecule has 0 aromatic carbocycles. The van der Waals surface area contributed by atoms with Crippen LogP contribution in [-0.2, 0) is 7.05 Å². The maximum Gasteiger partial charge on any atom is 0.272 e. The first kappa shape index (κ1) is 13.6. The first-order valence-electron chi connectivity index (χ1n) is 7.66. The molecule has 0 bridgehead atoms. The molecule has 5 heteroatoms. The average molecular weight is 276 g/mol. The highest BCUT2D eigenvalue weighted by Gasteiger charge is 2.27. The molecule has 1 aromatic heterocycles. The Morgan fingerprint density at radius 1 is 1.30 bits per heavy atom. The van der Waals surface area contributed by atoms with Crippen LogP contribution in [-0.4, -0.2) is 58.2 Å². The standard InChI is InChI=1S/C15H24N4O/c1-12-10-14(17(2)16-12)15(20)19-7-3-6-18(8-9-19)11-13-4-5-13/h10,13H,3-9,11H2,1-2H3. The maximum absolute atomic E-state index is 12.6. The molecule has 2 heterocycles. The molecule has 1 aliphatic carbocycles. The molecule has 1 saturated heterocycles. The summed E-state index contributed by atoms with van der Waals surface area (Å²) in [5.74, 6) is 1.05. The van der Waals surface area contributed by atoms with E-state index in [1.54, 1.807) is 4.68 Å². The third-order valence-corrected chi connectivity index (χ3v) is 4.31. The molecule has 1 aromatic rings. The van der Waals surface area contributed by atoms with Gasteiger partial charge in [0.1, 0.15) is 5.69 Å². The van der Waals surface area contributed by atoms with E-state index in [1.165, 1.54) is 19.4 Å². The SMILES string of the molecule is Cc1cc(C(=O)N2CCCN(CC3CC3)CC2)n(C)n1. The predicted octanol–water partition coefficient (Wildman–Crippen LogP) is 1.29. The van der Waals surface area contributed by atoms with Gasteiger partial charge < -0.3 is 9.80 Å². The van der Waals surface area contributed by atoms with E-state index < -0.39 is 0 Å². The lowest BCUT2D eigenvalue weighted by Gasteiger charge is -2.21. The van der Waals surface area contributed by atoms with Crippen LogP contribution in [0.25, 0.3) is 0 Å². The van der Waals surface area contributed by atoms with E-state index in [0.29, 0.717) is 5.69 Å². The zero-order chi connectivity index (χ0) is 14.1. The lowest BCUT2D eigenvalue weighted by Crippen LogP contribution is -2.36. The van der Waals surface area contributed by atoms with E-state index in [4.69, 9.17) is 0 Å². The lowest BCUT2D eigenvalue weighted by molar-refractivity contribution is 0.0750. The van der Waals surface area contributed by atoms with Crippen LogP contribution in [0, 0.1) is 12.8 Å². The molecule has 2 fully saturated rings. The van der Waals surface area contributed by atoms with Crippen molar-refractivity contribution in [3.05, 3.63) is 17.5 Å². The lowest BCUT2D eigenvalue weighted by atomic mass is 10.3. The van der Waals surface area contributed by atoms with E-state index in [2.05, 4.69) is 10.00 Å². The van der Waals surface area contributed by atoms with Crippen molar-refractivity contribution in [2.45, 2.75) is 26.2 Å². The Bertz CT molecular complexity index is 492. The summed E-state index contributed by atoms with van der Waals surface area (Å²) >= 11 is 0. The monoisotopic (exact) mass is 276 g/mol. The summed E-state index contributed by atoms with van der Waals surface area (Å²) in [6, 6.07) is 1.88. The first-order chi connectivity index (χ1) is 9.63. The Morgan fingerprint density at radius 2 is 2.10 bits per heavy atom. The quantitative estimate of drug-likeness (QED) is 0.835. The number of carbonyl (C=O) groups excluding carboxylic acids is 1. The van der Waals surface area contributed by atoms with Gasteiger partial charge in [-0.2, -0.15) is 5.10 Å². The zero-order valence-corrected chi connectivity index (χ0v) is 12.5. The molecule has 0 atom stereocenters. The summed E-state index contributed by atoms with van der Waals surface area (Å²) in [6.45, 7) is 7.01. The second-order valence-electron chi connectivity index (χ2n) is 6.18. The number of nitrogens with zero attached hydrogens (tertiary/aromatic N) is 4. The Labute approximate surface area is 120 Å². The number of carbonyl (C=O) groups is 1. The number of rotatable bonds is 3. The first-order valence-corrected chi connectivity index (χ1v) is 7.66. The molecule has 1 aliphatic heterocycles. The highest BCUT2D eigenvalue weighted by Crippen LogP contribution is 2.29. The van der Waals surface area contributed by atoms with Crippen molar-refractivity contribution in [3.63, 3.8) is 0 Å². The van der Waals surface area contributed by atoms with E-state index in [-0.39, 0.29) is 5.91 Å². The fourth-order valence-corrected chi connectivity index (χ4v) is 2.99. The average Bonchev–Trinajstić information content (AvgIpc) is 3.18. The largest absolute Gasteiger partial charge is 0.336 e. The molecule has 0 radical (unpaired) electrons. The van der Waals surface area contributed by atoms with Crippen LogP contribution < -0.4 is 0 Å². The third kappa shape index (κ3) is 3.03. The minimum atomic E-state index is 0.126. The van der Waals surface area contributed by atoms with E-state index in [0.717, 1.165) is 44.2 Å². The van der Waals surface area contributed by atoms with Gasteiger partial charge in [-0.1, -0.05) is 0 Å². The van der Waals surface area contributed by atoms with Crippen molar-refractivity contribution in [2.75, 3.05) is 32.7 Å². The maximum atomic E-state index is 12.6. The van der Waals surface area contributed by atoms with Gasteiger partial charge in [-0.05, 0) is 44.7 Å². The Morgan fingerprint density at radius 3 is 2.75 bits per heavy atom. The summed E-state index contributed by atoms with van der Waals surface area (Å²) < 4.78 is 1.70. The molecule has 20 heavy (non-hydrogen) atoms. The number of hydrogen-bond donors (Lipinski definition) is 0. The van der Waals surface area contributed by atoms with Crippen LogP contribution in [0.4, 0.5) is 0 Å². The number of aromatic nitrogens is 2. The third-order valence-electron chi connectivity index (χ3n) is 4.31. The van der Waals surface area contributed by atoms with Gasteiger partial charge >= 0.3 is 0 Å². The van der Waals surface area contributed by atoms with Crippen molar-refractivity contribution < 1.29 is 4.79 Å². The minimum Gasteiger partial charge on any atom is -0.336 e. The Balaban J connectivity index is 1.62. The van der Waals surface area contributed by atoms with Gasteiger partial charge in [0.25, 0.3) is 5.91 Å². The molecule has 1 saturated carbocycles. The molecule has 1 amide bonds. The predicted molar refractivity (Wildman–Crippen MR) is 77.6 cm³/mol. The molecule has 0 spiro atoms. The fraction of sp³-hybridized carbons (Fsp3) is 0.733. The van der Waals surface area contributed by atoms with Crippen LogP contribution in [0.5, 0.6) is 0 Å². The molecular formula is C15H24N4O. The van der Waals surface area contributed by atoms with Crippen LogP contribution in [0.2, 0.25) is 0 Å². The van der Waals surface area contributed by atoms with Crippen LogP contribution >= 0.6 is 0 Å². The molecule has 0 unspecified atom stereocenters. The summed E-state index contributed by atoms with van der Waals surface area (Å²) in [6.07, 6.45) is 3.87. The topological polar surface area (TPSA) is 41.4 Å². The van der Waals surface area contributed by atoms with Crippen LogP contribution in [0.1, 0.15) is 35.4 Å². The number of hydrogen-bond acceptors (Lipinski definition) is 3. The zero-order valence-electron chi connectivity index (χ0n) is 12.5. The fourth-order valence-electron chi connectivity index (χ4n) is 2.99.